The van der Waals surface area contributed by atoms with Gasteiger partial charge in [-0.2, -0.15) is 0 Å². The predicted molar refractivity (Wildman–Crippen MR) is 99.4 cm³/mol. The predicted octanol–water partition coefficient (Wildman–Crippen LogP) is 0.725. The van der Waals surface area contributed by atoms with E-state index in [1.54, 1.807) is 0 Å². The van der Waals surface area contributed by atoms with Crippen LogP contribution in [0, 0.1) is 0 Å². The summed E-state index contributed by atoms with van der Waals surface area (Å²) in [5.74, 6) is -1.23. The topological polar surface area (TPSA) is 122 Å². The van der Waals surface area contributed by atoms with Gasteiger partial charge in [0.2, 0.25) is 15.9 Å². The number of hydrogen-bond donors (Lipinski definition) is 2. The Morgan fingerprint density at radius 3 is 2.19 bits per heavy atom. The molecule has 0 aliphatic carbocycles. The summed E-state index contributed by atoms with van der Waals surface area (Å²) >= 11 is 0. The lowest BCUT2D eigenvalue weighted by Crippen LogP contribution is -2.34. The molecule has 0 spiro atoms. The van der Waals surface area contributed by atoms with E-state index in [2.05, 4.69) is 10.0 Å². The first kappa shape index (κ1) is 22.6. The van der Waals surface area contributed by atoms with Gasteiger partial charge in [0.05, 0.1) is 11.3 Å². The molecule has 0 unspecified atom stereocenters. The number of nitrogens with zero attached hydrogens (tertiary/aromatic N) is 1. The molecule has 0 aliphatic heterocycles. The summed E-state index contributed by atoms with van der Waals surface area (Å²) < 4.78 is 31.5. The zero-order valence-electron chi connectivity index (χ0n) is 15.6. The Bertz CT molecular complexity index is 757. The molecule has 0 heterocycles. The second-order valence-electron chi connectivity index (χ2n) is 5.58. The number of benzene rings is 1. The normalized spacial score (nSPS) is 10.9. The maximum absolute atomic E-state index is 12.2. The van der Waals surface area contributed by atoms with Crippen LogP contribution in [-0.4, -0.2) is 57.3 Å². The average molecular weight is 399 g/mol. The number of anilines is 1. The Balaban J connectivity index is 2.46. The van der Waals surface area contributed by atoms with E-state index in [1.165, 1.54) is 36.1 Å². The van der Waals surface area contributed by atoms with Crippen molar-refractivity contribution in [2.45, 2.75) is 32.1 Å². The van der Waals surface area contributed by atoms with E-state index < -0.39 is 16.0 Å². The maximum atomic E-state index is 12.2. The number of carbonyl (C=O) groups excluding carboxylic acids is 3. The molecular formula is C17H25N3O6S. The van der Waals surface area contributed by atoms with Gasteiger partial charge >= 0.3 is 5.97 Å². The fraction of sp³-hybridized carbons (Fsp3) is 0.471. The molecule has 0 aliphatic rings. The highest BCUT2D eigenvalue weighted by Crippen LogP contribution is 2.13. The Morgan fingerprint density at radius 2 is 1.67 bits per heavy atom. The van der Waals surface area contributed by atoms with Crippen molar-refractivity contribution in [1.82, 2.24) is 9.62 Å². The van der Waals surface area contributed by atoms with Gasteiger partial charge in [-0.15, -0.1) is 0 Å². The molecule has 0 saturated heterocycles. The van der Waals surface area contributed by atoms with Gasteiger partial charge in [0.1, 0.15) is 0 Å². The van der Waals surface area contributed by atoms with Gasteiger partial charge in [-0.05, 0) is 38.1 Å². The van der Waals surface area contributed by atoms with E-state index in [1.807, 2.05) is 13.8 Å². The molecule has 0 bridgehead atoms. The lowest BCUT2D eigenvalue weighted by molar-refractivity contribution is -0.151. The average Bonchev–Trinajstić information content (AvgIpc) is 2.61. The van der Waals surface area contributed by atoms with E-state index in [0.29, 0.717) is 18.8 Å². The smallest absolute Gasteiger partial charge is 0.307 e. The lowest BCUT2D eigenvalue weighted by Gasteiger charge is -2.18. The van der Waals surface area contributed by atoms with Crippen LogP contribution >= 0.6 is 0 Å². The molecule has 0 atom stereocenters. The van der Waals surface area contributed by atoms with E-state index in [4.69, 9.17) is 4.74 Å². The van der Waals surface area contributed by atoms with Crippen LogP contribution in [0.5, 0.6) is 0 Å². The summed E-state index contributed by atoms with van der Waals surface area (Å²) in [5.41, 5.74) is 0.475. The number of sulfonamides is 1. The second kappa shape index (κ2) is 10.6. The molecule has 1 aromatic rings. The van der Waals surface area contributed by atoms with Crippen molar-refractivity contribution in [2.75, 3.05) is 31.6 Å². The van der Waals surface area contributed by atoms with Gasteiger partial charge < -0.3 is 15.0 Å². The van der Waals surface area contributed by atoms with Crippen LogP contribution in [0.3, 0.4) is 0 Å². The van der Waals surface area contributed by atoms with Crippen LogP contribution in [-0.2, 0) is 29.1 Å². The molecular weight excluding hydrogens is 374 g/mol. The second-order valence-corrected chi connectivity index (χ2v) is 7.35. The fourth-order valence-corrected chi connectivity index (χ4v) is 3.21. The third kappa shape index (κ3) is 7.75. The van der Waals surface area contributed by atoms with Crippen LogP contribution in [0.4, 0.5) is 5.69 Å². The molecule has 10 heteroatoms. The van der Waals surface area contributed by atoms with Gasteiger partial charge in [-0.1, -0.05) is 0 Å². The van der Waals surface area contributed by atoms with E-state index in [0.717, 1.165) is 0 Å². The number of hydrogen-bond acceptors (Lipinski definition) is 6. The zero-order valence-corrected chi connectivity index (χ0v) is 16.5. The van der Waals surface area contributed by atoms with Crippen LogP contribution in [0.25, 0.3) is 0 Å². The van der Waals surface area contributed by atoms with Crippen LogP contribution < -0.4 is 10.0 Å². The highest BCUT2D eigenvalue weighted by molar-refractivity contribution is 7.89. The minimum Gasteiger partial charge on any atom is -0.456 e. The number of rotatable bonds is 10. The van der Waals surface area contributed by atoms with Gasteiger partial charge in [0.15, 0.2) is 6.61 Å². The van der Waals surface area contributed by atoms with Crippen LogP contribution in [0.15, 0.2) is 29.2 Å². The molecule has 2 N–H and O–H groups in total. The van der Waals surface area contributed by atoms with Gasteiger partial charge in [0, 0.05) is 32.2 Å². The van der Waals surface area contributed by atoms with Crippen molar-refractivity contribution in [2.24, 2.45) is 0 Å². The van der Waals surface area contributed by atoms with E-state index in [9.17, 15) is 22.8 Å². The SMILES string of the molecule is CCN(CC)C(=O)COC(=O)CCNS(=O)(=O)c1ccc(NC(C)=O)cc1. The molecule has 1 rings (SSSR count). The zero-order chi connectivity index (χ0) is 20.4. The first-order valence-corrected chi connectivity index (χ1v) is 9.98. The van der Waals surface area contributed by atoms with Gasteiger partial charge in [-0.3, -0.25) is 14.4 Å². The molecule has 150 valence electrons. The molecule has 0 fully saturated rings. The number of nitrogens with one attached hydrogen (secondary N) is 2. The van der Waals surface area contributed by atoms with Crippen LogP contribution in [0.2, 0.25) is 0 Å². The van der Waals surface area contributed by atoms with Gasteiger partial charge in [0.25, 0.3) is 5.91 Å². The molecule has 0 aromatic heterocycles. The standard InChI is InChI=1S/C17H25N3O6S/c1-4-20(5-2)16(22)12-26-17(23)10-11-18-27(24,25)15-8-6-14(7-9-15)19-13(3)21/h6-9,18H,4-5,10-12H2,1-3H3,(H,19,21). The van der Waals surface area contributed by atoms with Crippen molar-refractivity contribution in [3.8, 4) is 0 Å². The summed E-state index contributed by atoms with van der Waals surface area (Å²) in [6, 6.07) is 5.61. The molecule has 0 radical (unpaired) electrons. The maximum Gasteiger partial charge on any atom is 0.307 e. The Morgan fingerprint density at radius 1 is 1.07 bits per heavy atom. The van der Waals surface area contributed by atoms with Gasteiger partial charge in [-0.25, -0.2) is 13.1 Å². The van der Waals surface area contributed by atoms with Crippen molar-refractivity contribution < 1.29 is 27.5 Å². The Hall–Kier alpha value is -2.46. The highest BCUT2D eigenvalue weighted by Gasteiger charge is 2.16. The molecule has 9 nitrogen and oxygen atoms in total. The largest absolute Gasteiger partial charge is 0.456 e. The number of carbonyl (C=O) groups is 3. The fourth-order valence-electron chi connectivity index (χ4n) is 2.17. The lowest BCUT2D eigenvalue weighted by atomic mass is 10.3. The Labute approximate surface area is 159 Å². The van der Waals surface area contributed by atoms with Crippen molar-refractivity contribution in [3.05, 3.63) is 24.3 Å². The first-order valence-electron chi connectivity index (χ1n) is 8.50. The molecule has 2 amide bonds. The minimum atomic E-state index is -3.80. The molecule has 0 saturated carbocycles. The van der Waals surface area contributed by atoms with Crippen LogP contribution in [0.1, 0.15) is 27.2 Å². The third-order valence-corrected chi connectivity index (χ3v) is 5.06. The Kier molecular flexibility index (Phi) is 8.89. The first-order chi connectivity index (χ1) is 12.7. The van der Waals surface area contributed by atoms with E-state index >= 15 is 0 Å². The summed E-state index contributed by atoms with van der Waals surface area (Å²) in [4.78, 5) is 35.9. The number of likely N-dealkylation sites (N-methyl/N-ethyl adjacent to an activating group) is 1. The number of ether oxygens (including phenoxy) is 1. The molecule has 27 heavy (non-hydrogen) atoms. The van der Waals surface area contributed by atoms with E-state index in [-0.39, 0.29) is 36.3 Å². The highest BCUT2D eigenvalue weighted by atomic mass is 32.2. The number of amides is 2. The van der Waals surface area contributed by atoms with Crippen molar-refractivity contribution >= 4 is 33.5 Å². The summed E-state index contributed by atoms with van der Waals surface area (Å²) in [6.45, 7) is 5.51. The third-order valence-electron chi connectivity index (χ3n) is 3.58. The summed E-state index contributed by atoms with van der Waals surface area (Å²) in [6.07, 6.45) is -0.200. The van der Waals surface area contributed by atoms with Crippen molar-refractivity contribution in [1.29, 1.82) is 0 Å². The quantitative estimate of drug-likeness (QED) is 0.559. The monoisotopic (exact) mass is 399 g/mol. The summed E-state index contributed by atoms with van der Waals surface area (Å²) in [7, 11) is -3.80. The minimum absolute atomic E-state index is 0.00156. The van der Waals surface area contributed by atoms with Crippen molar-refractivity contribution in [3.63, 3.8) is 0 Å². The number of esters is 1. The molecule has 1 aromatic carbocycles. The summed E-state index contributed by atoms with van der Waals surface area (Å²) in [5, 5.41) is 2.53.